The van der Waals surface area contributed by atoms with E-state index in [2.05, 4.69) is 5.32 Å². The van der Waals surface area contributed by atoms with E-state index in [0.29, 0.717) is 13.1 Å². The topological polar surface area (TPSA) is 41.6 Å². The van der Waals surface area contributed by atoms with Crippen molar-refractivity contribution in [1.82, 2.24) is 10.2 Å². The number of hydrogen-bond donors (Lipinski definition) is 1. The summed E-state index contributed by atoms with van der Waals surface area (Å²) < 4.78 is 43.1. The number of likely N-dealkylation sites (N-methyl/N-ethyl adjacent to an activating group) is 1. The number of likely N-dealkylation sites (tertiary alicyclic amines) is 1. The molecule has 1 aliphatic heterocycles. The maximum Gasteiger partial charge on any atom is 0.416 e. The smallest absolute Gasteiger partial charge is 0.416 e. The Kier molecular flexibility index (Phi) is 7.15. The van der Waals surface area contributed by atoms with Gasteiger partial charge < -0.3 is 15.0 Å². The van der Waals surface area contributed by atoms with Crippen LogP contribution in [0.25, 0.3) is 0 Å². The Morgan fingerprint density at radius 3 is 2.83 bits per heavy atom. The number of ether oxygens (including phenoxy) is 1. The largest absolute Gasteiger partial charge is 0.484 e. The highest BCUT2D eigenvalue weighted by atomic mass is 35.5. The summed E-state index contributed by atoms with van der Waals surface area (Å²) in [6.45, 7) is 1.12. The molecule has 2 rings (SSSR count). The SMILES string of the molecule is CNCC1CCCN1C(=O)COc1cccc(C(F)(F)F)c1.Cl. The molecular weight excluding hydrogens is 333 g/mol. The van der Waals surface area contributed by atoms with E-state index < -0.39 is 11.7 Å². The third-order valence-electron chi connectivity index (χ3n) is 3.66. The quantitative estimate of drug-likeness (QED) is 0.886. The van der Waals surface area contributed by atoms with E-state index in [1.54, 1.807) is 4.90 Å². The van der Waals surface area contributed by atoms with Gasteiger partial charge in [0.05, 0.1) is 5.56 Å². The van der Waals surface area contributed by atoms with E-state index in [1.165, 1.54) is 12.1 Å². The van der Waals surface area contributed by atoms with Crippen LogP contribution in [0, 0.1) is 0 Å². The Bertz CT molecular complexity index is 526. The van der Waals surface area contributed by atoms with E-state index in [0.717, 1.165) is 25.0 Å². The first-order valence-electron chi connectivity index (χ1n) is 7.16. The van der Waals surface area contributed by atoms with Crippen LogP contribution in [0.1, 0.15) is 18.4 Å². The van der Waals surface area contributed by atoms with Crippen LogP contribution in [0.2, 0.25) is 0 Å². The van der Waals surface area contributed by atoms with E-state index in [9.17, 15) is 18.0 Å². The molecule has 0 aliphatic carbocycles. The van der Waals surface area contributed by atoms with E-state index >= 15 is 0 Å². The highest BCUT2D eigenvalue weighted by molar-refractivity contribution is 5.85. The van der Waals surface area contributed by atoms with Crippen LogP contribution in [-0.4, -0.2) is 43.6 Å². The molecule has 4 nitrogen and oxygen atoms in total. The molecule has 8 heteroatoms. The number of nitrogens with one attached hydrogen (secondary N) is 1. The minimum atomic E-state index is -4.42. The lowest BCUT2D eigenvalue weighted by molar-refractivity contribution is -0.137. The summed E-state index contributed by atoms with van der Waals surface area (Å²) in [4.78, 5) is 13.9. The second-order valence-corrected chi connectivity index (χ2v) is 5.26. The van der Waals surface area contributed by atoms with Crippen molar-refractivity contribution in [3.63, 3.8) is 0 Å². The average molecular weight is 353 g/mol. The van der Waals surface area contributed by atoms with Crippen molar-refractivity contribution >= 4 is 18.3 Å². The molecular formula is C15H20ClF3N2O2. The standard InChI is InChI=1S/C15H19F3N2O2.ClH/c1-19-9-12-5-3-7-20(12)14(21)10-22-13-6-2-4-11(8-13)15(16,17)18;/h2,4,6,8,12,19H,3,5,7,9-10H2,1H3;1H. The number of nitrogens with zero attached hydrogens (tertiary/aromatic N) is 1. The zero-order valence-corrected chi connectivity index (χ0v) is 13.5. The summed E-state index contributed by atoms with van der Waals surface area (Å²) in [6, 6.07) is 4.68. The monoisotopic (exact) mass is 352 g/mol. The van der Waals surface area contributed by atoms with Crippen LogP contribution in [0.5, 0.6) is 5.75 Å². The Balaban J connectivity index is 0.00000264. The van der Waals surface area contributed by atoms with Gasteiger partial charge in [0.2, 0.25) is 0 Å². The third-order valence-corrected chi connectivity index (χ3v) is 3.66. The number of carbonyl (C=O) groups is 1. The molecule has 1 aliphatic rings. The van der Waals surface area contributed by atoms with Crippen LogP contribution in [0.3, 0.4) is 0 Å². The second kappa shape index (κ2) is 8.40. The van der Waals surface area contributed by atoms with Crippen molar-refractivity contribution in [1.29, 1.82) is 0 Å². The fourth-order valence-electron chi connectivity index (χ4n) is 2.60. The Morgan fingerprint density at radius 1 is 1.43 bits per heavy atom. The lowest BCUT2D eigenvalue weighted by Crippen LogP contribution is -2.43. The summed E-state index contributed by atoms with van der Waals surface area (Å²) in [5.74, 6) is -0.150. The predicted molar refractivity (Wildman–Crippen MR) is 82.8 cm³/mol. The molecule has 1 fully saturated rings. The van der Waals surface area contributed by atoms with Crippen molar-refractivity contribution in [2.45, 2.75) is 25.1 Å². The number of amides is 1. The van der Waals surface area contributed by atoms with Crippen LogP contribution < -0.4 is 10.1 Å². The molecule has 1 N–H and O–H groups in total. The molecule has 1 aromatic carbocycles. The fraction of sp³-hybridized carbons (Fsp3) is 0.533. The van der Waals surface area contributed by atoms with Gasteiger partial charge in [-0.2, -0.15) is 13.2 Å². The highest BCUT2D eigenvalue weighted by Gasteiger charge is 2.31. The zero-order valence-electron chi connectivity index (χ0n) is 12.7. The summed E-state index contributed by atoms with van der Waals surface area (Å²) in [5.41, 5.74) is -0.785. The Morgan fingerprint density at radius 2 is 2.17 bits per heavy atom. The van der Waals surface area contributed by atoms with Gasteiger partial charge >= 0.3 is 6.18 Å². The van der Waals surface area contributed by atoms with Crippen molar-refractivity contribution in [2.75, 3.05) is 26.7 Å². The maximum atomic E-state index is 12.6. The molecule has 0 radical (unpaired) electrons. The summed E-state index contributed by atoms with van der Waals surface area (Å²) in [6.07, 6.45) is -2.56. The molecule has 1 aromatic rings. The van der Waals surface area contributed by atoms with Gasteiger partial charge in [0.25, 0.3) is 5.91 Å². The normalized spacial score (nSPS) is 17.7. The van der Waals surface area contributed by atoms with E-state index in [4.69, 9.17) is 4.74 Å². The first-order valence-corrected chi connectivity index (χ1v) is 7.16. The third kappa shape index (κ3) is 5.28. The van der Waals surface area contributed by atoms with Crippen LogP contribution in [-0.2, 0) is 11.0 Å². The number of alkyl halides is 3. The molecule has 1 amide bonds. The number of halogens is 4. The zero-order chi connectivity index (χ0) is 16.2. The maximum absolute atomic E-state index is 12.6. The lowest BCUT2D eigenvalue weighted by Gasteiger charge is -2.24. The van der Waals surface area contributed by atoms with Gasteiger partial charge in [-0.3, -0.25) is 4.79 Å². The molecule has 0 bridgehead atoms. The number of hydrogen-bond acceptors (Lipinski definition) is 3. The van der Waals surface area contributed by atoms with E-state index in [-0.39, 0.29) is 36.7 Å². The summed E-state index contributed by atoms with van der Waals surface area (Å²) in [5, 5.41) is 3.03. The fourth-order valence-corrected chi connectivity index (χ4v) is 2.60. The van der Waals surface area contributed by atoms with Crippen LogP contribution in [0.15, 0.2) is 24.3 Å². The van der Waals surface area contributed by atoms with Gasteiger partial charge in [-0.1, -0.05) is 6.07 Å². The summed E-state index contributed by atoms with van der Waals surface area (Å²) in [7, 11) is 1.82. The lowest BCUT2D eigenvalue weighted by atomic mass is 10.2. The van der Waals surface area contributed by atoms with Crippen molar-refractivity contribution < 1.29 is 22.7 Å². The Hall–Kier alpha value is -1.47. The molecule has 1 saturated heterocycles. The first-order chi connectivity index (χ1) is 10.4. The minimum absolute atomic E-state index is 0. The van der Waals surface area contributed by atoms with Gasteiger partial charge in [-0.15, -0.1) is 12.4 Å². The molecule has 130 valence electrons. The highest BCUT2D eigenvalue weighted by Crippen LogP contribution is 2.31. The molecule has 1 unspecified atom stereocenters. The molecule has 1 heterocycles. The average Bonchev–Trinajstić information content (AvgIpc) is 2.93. The van der Waals surface area contributed by atoms with Crippen LogP contribution >= 0.6 is 12.4 Å². The summed E-state index contributed by atoms with van der Waals surface area (Å²) >= 11 is 0. The predicted octanol–water partition coefficient (Wildman–Crippen LogP) is 2.72. The molecule has 0 aromatic heterocycles. The van der Waals surface area contributed by atoms with Crippen molar-refractivity contribution in [3.05, 3.63) is 29.8 Å². The second-order valence-electron chi connectivity index (χ2n) is 5.26. The number of rotatable bonds is 5. The van der Waals surface area contributed by atoms with Crippen molar-refractivity contribution in [3.8, 4) is 5.75 Å². The van der Waals surface area contributed by atoms with Gasteiger partial charge in [0.15, 0.2) is 6.61 Å². The first kappa shape index (κ1) is 19.6. The number of benzene rings is 1. The van der Waals surface area contributed by atoms with Gasteiger partial charge in [0, 0.05) is 19.1 Å². The van der Waals surface area contributed by atoms with Crippen LogP contribution in [0.4, 0.5) is 13.2 Å². The van der Waals surface area contributed by atoms with Crippen molar-refractivity contribution in [2.24, 2.45) is 0 Å². The molecule has 1 atom stereocenters. The Labute approximate surface area is 139 Å². The van der Waals surface area contributed by atoms with Gasteiger partial charge in [-0.25, -0.2) is 0 Å². The number of carbonyl (C=O) groups excluding carboxylic acids is 1. The minimum Gasteiger partial charge on any atom is -0.484 e. The molecule has 23 heavy (non-hydrogen) atoms. The molecule has 0 saturated carbocycles. The van der Waals surface area contributed by atoms with Gasteiger partial charge in [-0.05, 0) is 38.1 Å². The van der Waals surface area contributed by atoms with E-state index in [1.807, 2.05) is 7.05 Å². The molecule has 0 spiro atoms. The van der Waals surface area contributed by atoms with Gasteiger partial charge in [0.1, 0.15) is 5.75 Å².